The number of hydrogen-bond donors (Lipinski definition) is 2. The highest BCUT2D eigenvalue weighted by atomic mass is 16.6. The summed E-state index contributed by atoms with van der Waals surface area (Å²) in [6.45, 7) is 0.110. The largest absolute Gasteiger partial charge is 0.482 e. The van der Waals surface area contributed by atoms with Gasteiger partial charge in [0.1, 0.15) is 23.0 Å². The van der Waals surface area contributed by atoms with E-state index in [0.29, 0.717) is 45.1 Å². The van der Waals surface area contributed by atoms with Gasteiger partial charge in [-0.05, 0) is 68.0 Å². The van der Waals surface area contributed by atoms with Crippen molar-refractivity contribution in [2.45, 2.75) is 5.60 Å². The Morgan fingerprint density at radius 1 is 0.808 bits per heavy atom. The van der Waals surface area contributed by atoms with Crippen molar-refractivity contribution < 1.29 is 48.0 Å². The summed E-state index contributed by atoms with van der Waals surface area (Å²) in [6, 6.07) is 24.7. The maximum Gasteiger partial charge on any atom is 0.417 e. The number of anilines is 1. The highest BCUT2D eigenvalue weighted by Crippen LogP contribution is 2.57. The fourth-order valence-corrected chi connectivity index (χ4v) is 6.92. The number of ether oxygens (including phenoxy) is 4. The number of nitrogens with one attached hydrogen (secondary N) is 1. The fraction of sp³-hybridized carbons (Fsp3) is 0.154. The van der Waals surface area contributed by atoms with Crippen LogP contribution in [0.5, 0.6) is 23.0 Å². The molecule has 1 unspecified atom stereocenters. The van der Waals surface area contributed by atoms with Crippen LogP contribution in [0.15, 0.2) is 91.0 Å². The van der Waals surface area contributed by atoms with Crippen LogP contribution in [-0.2, 0) is 15.1 Å². The van der Waals surface area contributed by atoms with Crippen LogP contribution in [0, 0.1) is 0 Å². The first kappa shape index (κ1) is 32.5. The van der Waals surface area contributed by atoms with Crippen LogP contribution in [0.3, 0.4) is 0 Å². The molecule has 3 heterocycles. The van der Waals surface area contributed by atoms with Crippen LogP contribution < -0.4 is 19.5 Å². The first-order valence-electron chi connectivity index (χ1n) is 16.2. The molecule has 0 fully saturated rings. The Morgan fingerprint density at radius 3 is 2.25 bits per heavy atom. The molecule has 8 rings (SSSR count). The van der Waals surface area contributed by atoms with Gasteiger partial charge in [0, 0.05) is 58.5 Å². The van der Waals surface area contributed by atoms with E-state index < -0.39 is 36.1 Å². The number of carbonyl (C=O) groups excluding carboxylic acids is 4. The van der Waals surface area contributed by atoms with Gasteiger partial charge in [-0.15, -0.1) is 0 Å². The molecule has 3 amide bonds. The number of carboxylic acids is 1. The van der Waals surface area contributed by atoms with Gasteiger partial charge in [0.05, 0.1) is 11.1 Å². The molecule has 0 aliphatic carbocycles. The van der Waals surface area contributed by atoms with E-state index in [9.17, 15) is 24.0 Å². The van der Waals surface area contributed by atoms with Gasteiger partial charge < -0.3 is 29.0 Å². The summed E-state index contributed by atoms with van der Waals surface area (Å²) in [6.07, 6.45) is -0.862. The molecule has 5 aromatic carbocycles. The van der Waals surface area contributed by atoms with E-state index in [1.165, 1.54) is 23.1 Å². The number of imide groups is 1. The standard InChI is InChI=1S/C39H29N3O10/c1-41(2)14-15-42-35(45)26-8-5-6-21-16-22(17-27(34(21)26)36(42)46)40-38(48)50-24-11-13-30-32(19-24)51-31-18-23(49-20-33(43)44)10-12-29(31)39(30)28-9-4-3-7-25(28)37(47)52-39/h3-13,16-19H,14-15,20H2,1-2H3,(H,40,48)(H,43,44). The Balaban J connectivity index is 1.11. The minimum absolute atomic E-state index is 0.0895. The minimum Gasteiger partial charge on any atom is -0.482 e. The Kier molecular flexibility index (Phi) is 7.65. The number of rotatable bonds is 8. The van der Waals surface area contributed by atoms with Crippen molar-refractivity contribution in [3.63, 3.8) is 0 Å². The van der Waals surface area contributed by atoms with Crippen LogP contribution in [0.2, 0.25) is 0 Å². The van der Waals surface area contributed by atoms with Gasteiger partial charge in [-0.1, -0.05) is 30.3 Å². The second kappa shape index (κ2) is 12.2. The molecule has 3 aliphatic rings. The molecule has 260 valence electrons. The maximum atomic E-state index is 13.5. The highest BCUT2D eigenvalue weighted by Gasteiger charge is 2.53. The van der Waals surface area contributed by atoms with E-state index >= 15 is 0 Å². The van der Waals surface area contributed by atoms with E-state index in [0.717, 1.165) is 0 Å². The SMILES string of the molecule is CN(C)CCN1C(=O)c2cccc3cc(NC(=O)Oc4ccc5c(c4)Oc4cc(OCC(=O)O)ccc4C54OC(=O)c5ccccc54)cc(c23)C1=O. The van der Waals surface area contributed by atoms with Crippen LogP contribution in [-0.4, -0.2) is 78.5 Å². The van der Waals surface area contributed by atoms with Crippen molar-refractivity contribution in [2.24, 2.45) is 0 Å². The fourth-order valence-electron chi connectivity index (χ4n) is 6.92. The number of aliphatic carboxylic acids is 1. The number of amides is 3. The second-order valence-electron chi connectivity index (χ2n) is 12.7. The molecule has 3 aliphatic heterocycles. The summed E-state index contributed by atoms with van der Waals surface area (Å²) < 4.78 is 23.5. The van der Waals surface area contributed by atoms with Gasteiger partial charge in [0.25, 0.3) is 11.8 Å². The number of esters is 1. The predicted octanol–water partition coefficient (Wildman–Crippen LogP) is 5.64. The molecular weight excluding hydrogens is 670 g/mol. The van der Waals surface area contributed by atoms with Gasteiger partial charge in [0.15, 0.2) is 12.2 Å². The summed E-state index contributed by atoms with van der Waals surface area (Å²) in [5.41, 5.74) is 1.48. The molecule has 0 radical (unpaired) electrons. The summed E-state index contributed by atoms with van der Waals surface area (Å²) in [7, 11) is 3.70. The summed E-state index contributed by atoms with van der Waals surface area (Å²) in [4.78, 5) is 67.5. The smallest absolute Gasteiger partial charge is 0.417 e. The Morgan fingerprint density at radius 2 is 1.50 bits per heavy atom. The van der Waals surface area contributed by atoms with E-state index in [1.54, 1.807) is 72.8 Å². The van der Waals surface area contributed by atoms with E-state index in [-0.39, 0.29) is 46.7 Å². The van der Waals surface area contributed by atoms with Crippen molar-refractivity contribution in [1.29, 1.82) is 0 Å². The number of likely N-dealkylation sites (N-methyl/N-ethyl adjacent to an activating group) is 1. The lowest BCUT2D eigenvalue weighted by Gasteiger charge is -2.36. The number of hydrogen-bond acceptors (Lipinski definition) is 10. The van der Waals surface area contributed by atoms with Crippen molar-refractivity contribution in [3.05, 3.63) is 124 Å². The summed E-state index contributed by atoms with van der Waals surface area (Å²) >= 11 is 0. The number of benzene rings is 5. The van der Waals surface area contributed by atoms with Gasteiger partial charge >= 0.3 is 18.0 Å². The first-order chi connectivity index (χ1) is 25.0. The molecular formula is C39H29N3O10. The maximum absolute atomic E-state index is 13.5. The first-order valence-corrected chi connectivity index (χ1v) is 16.2. The van der Waals surface area contributed by atoms with E-state index in [2.05, 4.69) is 5.32 Å². The van der Waals surface area contributed by atoms with E-state index in [4.69, 9.17) is 24.1 Å². The third-order valence-corrected chi connectivity index (χ3v) is 9.17. The number of carboxylic acid groups (broad SMARTS) is 1. The van der Waals surface area contributed by atoms with Crippen molar-refractivity contribution in [2.75, 3.05) is 39.1 Å². The topological polar surface area (TPSA) is 161 Å². The van der Waals surface area contributed by atoms with Crippen LogP contribution >= 0.6 is 0 Å². The second-order valence-corrected chi connectivity index (χ2v) is 12.7. The quantitative estimate of drug-likeness (QED) is 0.152. The lowest BCUT2D eigenvalue weighted by atomic mass is 9.77. The summed E-state index contributed by atoms with van der Waals surface area (Å²) in [5.74, 6) is -1.76. The molecule has 5 aromatic rings. The third kappa shape index (κ3) is 5.26. The highest BCUT2D eigenvalue weighted by molar-refractivity contribution is 6.26. The van der Waals surface area contributed by atoms with Gasteiger partial charge in [-0.25, -0.2) is 14.4 Å². The van der Waals surface area contributed by atoms with Crippen LogP contribution in [0.25, 0.3) is 10.8 Å². The molecule has 1 spiro atoms. The van der Waals surface area contributed by atoms with Gasteiger partial charge in [-0.2, -0.15) is 0 Å². The zero-order valence-electron chi connectivity index (χ0n) is 27.8. The molecule has 0 saturated heterocycles. The molecule has 13 heteroatoms. The monoisotopic (exact) mass is 699 g/mol. The number of fused-ring (bicyclic) bond motifs is 6. The van der Waals surface area contributed by atoms with Crippen molar-refractivity contribution in [3.8, 4) is 23.0 Å². The number of nitrogens with zero attached hydrogens (tertiary/aromatic N) is 2. The molecule has 13 nitrogen and oxygen atoms in total. The Bertz CT molecular complexity index is 2390. The van der Waals surface area contributed by atoms with Crippen molar-refractivity contribution in [1.82, 2.24) is 9.80 Å². The Labute approximate surface area is 295 Å². The predicted molar refractivity (Wildman–Crippen MR) is 185 cm³/mol. The van der Waals surface area contributed by atoms with Crippen molar-refractivity contribution >= 4 is 46.3 Å². The molecule has 1 atom stereocenters. The molecule has 2 N–H and O–H groups in total. The van der Waals surface area contributed by atoms with Gasteiger partial charge in [-0.3, -0.25) is 19.8 Å². The number of carbonyl (C=O) groups is 5. The average molecular weight is 700 g/mol. The average Bonchev–Trinajstić information content (AvgIpc) is 3.41. The molecule has 0 aromatic heterocycles. The zero-order chi connectivity index (χ0) is 36.3. The van der Waals surface area contributed by atoms with Crippen LogP contribution in [0.4, 0.5) is 10.5 Å². The zero-order valence-corrected chi connectivity index (χ0v) is 27.8. The minimum atomic E-state index is -1.41. The lowest BCUT2D eigenvalue weighted by Crippen LogP contribution is -2.43. The molecule has 52 heavy (non-hydrogen) atoms. The normalized spacial score (nSPS) is 16.6. The lowest BCUT2D eigenvalue weighted by molar-refractivity contribution is -0.139. The Hall–Kier alpha value is -6.73. The van der Waals surface area contributed by atoms with Crippen LogP contribution in [0.1, 0.15) is 47.8 Å². The summed E-state index contributed by atoms with van der Waals surface area (Å²) in [5, 5.41) is 12.9. The third-order valence-electron chi connectivity index (χ3n) is 9.17. The van der Waals surface area contributed by atoms with Gasteiger partial charge in [0.2, 0.25) is 0 Å². The molecule has 0 saturated carbocycles. The van der Waals surface area contributed by atoms with E-state index in [1.807, 2.05) is 19.0 Å². The molecule has 0 bridgehead atoms.